The van der Waals surface area contributed by atoms with Crippen molar-refractivity contribution in [2.45, 2.75) is 45.8 Å². The van der Waals surface area contributed by atoms with E-state index in [9.17, 15) is 5.11 Å². The molecule has 2 unspecified atom stereocenters. The van der Waals surface area contributed by atoms with Crippen LogP contribution in [0.3, 0.4) is 0 Å². The number of aromatic nitrogens is 1. The molecule has 0 spiro atoms. The maximum atomic E-state index is 9.39. The van der Waals surface area contributed by atoms with E-state index in [-0.39, 0.29) is 0 Å². The third-order valence-electron chi connectivity index (χ3n) is 2.98. The Hall–Kier alpha value is -1.09. The molecule has 1 rings (SSSR count). The summed E-state index contributed by atoms with van der Waals surface area (Å²) < 4.78 is 0. The summed E-state index contributed by atoms with van der Waals surface area (Å²) in [6.07, 6.45) is 3.64. The molecule has 0 radical (unpaired) electrons. The fraction of sp³-hybridized carbons (Fsp3) is 0.615. The van der Waals surface area contributed by atoms with Crippen LogP contribution in [0.2, 0.25) is 0 Å². The van der Waals surface area contributed by atoms with Crippen LogP contribution in [0.5, 0.6) is 0 Å². The standard InChI is InChI=1S/C13H22N2O/c1-5-6-10(2)15(4)13-8-7-12(9-14-13)11(3)16/h7-11,16H,5-6H2,1-4H3. The van der Waals surface area contributed by atoms with Gasteiger partial charge in [0.2, 0.25) is 0 Å². The molecule has 1 heterocycles. The molecule has 0 amide bonds. The summed E-state index contributed by atoms with van der Waals surface area (Å²) in [5.74, 6) is 0.963. The fourth-order valence-corrected chi connectivity index (χ4v) is 1.69. The van der Waals surface area contributed by atoms with Gasteiger partial charge >= 0.3 is 0 Å². The molecule has 0 aromatic carbocycles. The van der Waals surface area contributed by atoms with Gasteiger partial charge in [-0.15, -0.1) is 0 Å². The van der Waals surface area contributed by atoms with E-state index in [1.54, 1.807) is 13.1 Å². The Bertz CT molecular complexity index is 308. The summed E-state index contributed by atoms with van der Waals surface area (Å²) in [7, 11) is 2.06. The molecule has 0 saturated heterocycles. The summed E-state index contributed by atoms with van der Waals surface area (Å²) in [5.41, 5.74) is 0.861. The molecule has 2 atom stereocenters. The predicted octanol–water partition coefficient (Wildman–Crippen LogP) is 2.76. The summed E-state index contributed by atoms with van der Waals surface area (Å²) in [6.45, 7) is 6.14. The Kier molecular flexibility index (Phi) is 4.74. The van der Waals surface area contributed by atoms with Crippen molar-refractivity contribution in [1.82, 2.24) is 4.98 Å². The van der Waals surface area contributed by atoms with Crippen LogP contribution in [-0.4, -0.2) is 23.2 Å². The highest BCUT2D eigenvalue weighted by Crippen LogP contribution is 2.17. The van der Waals surface area contributed by atoms with Crippen molar-refractivity contribution in [2.24, 2.45) is 0 Å². The van der Waals surface area contributed by atoms with E-state index in [2.05, 4.69) is 30.8 Å². The van der Waals surface area contributed by atoms with Gasteiger partial charge in [0.05, 0.1) is 6.10 Å². The Morgan fingerprint density at radius 3 is 2.50 bits per heavy atom. The minimum Gasteiger partial charge on any atom is -0.389 e. The SMILES string of the molecule is CCCC(C)N(C)c1ccc(C(C)O)cn1. The normalized spacial score (nSPS) is 14.6. The first-order valence-corrected chi connectivity index (χ1v) is 5.93. The van der Waals surface area contributed by atoms with Crippen molar-refractivity contribution in [3.63, 3.8) is 0 Å². The third-order valence-corrected chi connectivity index (χ3v) is 2.98. The van der Waals surface area contributed by atoms with Crippen LogP contribution in [0.1, 0.15) is 45.3 Å². The highest BCUT2D eigenvalue weighted by Gasteiger charge is 2.10. The molecule has 0 aliphatic rings. The maximum Gasteiger partial charge on any atom is 0.128 e. The van der Waals surface area contributed by atoms with E-state index < -0.39 is 6.10 Å². The van der Waals surface area contributed by atoms with Crippen molar-refractivity contribution < 1.29 is 5.11 Å². The van der Waals surface area contributed by atoms with E-state index in [1.807, 2.05) is 12.1 Å². The number of aliphatic hydroxyl groups excluding tert-OH is 1. The van der Waals surface area contributed by atoms with Crippen molar-refractivity contribution in [3.05, 3.63) is 23.9 Å². The lowest BCUT2D eigenvalue weighted by Crippen LogP contribution is -2.29. The first-order chi connectivity index (χ1) is 7.56. The number of pyridine rings is 1. The van der Waals surface area contributed by atoms with Crippen molar-refractivity contribution in [3.8, 4) is 0 Å². The zero-order valence-corrected chi connectivity index (χ0v) is 10.6. The van der Waals surface area contributed by atoms with Gasteiger partial charge in [-0.25, -0.2) is 4.98 Å². The van der Waals surface area contributed by atoms with Crippen molar-refractivity contribution in [1.29, 1.82) is 0 Å². The molecule has 1 aromatic rings. The number of anilines is 1. The first kappa shape index (κ1) is 13.0. The summed E-state index contributed by atoms with van der Waals surface area (Å²) in [6, 6.07) is 4.39. The van der Waals surface area contributed by atoms with Gasteiger partial charge in [0.25, 0.3) is 0 Å². The van der Waals surface area contributed by atoms with Crippen LogP contribution in [0.4, 0.5) is 5.82 Å². The van der Waals surface area contributed by atoms with Gasteiger partial charge in [0.1, 0.15) is 5.82 Å². The molecule has 3 nitrogen and oxygen atoms in total. The van der Waals surface area contributed by atoms with E-state index >= 15 is 0 Å². The second-order valence-electron chi connectivity index (χ2n) is 4.37. The summed E-state index contributed by atoms with van der Waals surface area (Å²) in [4.78, 5) is 6.55. The van der Waals surface area contributed by atoms with Crippen LogP contribution in [0.25, 0.3) is 0 Å². The summed E-state index contributed by atoms with van der Waals surface area (Å²) >= 11 is 0. The molecule has 0 bridgehead atoms. The molecule has 0 saturated carbocycles. The van der Waals surface area contributed by atoms with Crippen molar-refractivity contribution in [2.75, 3.05) is 11.9 Å². The average molecular weight is 222 g/mol. The van der Waals surface area contributed by atoms with E-state index in [0.717, 1.165) is 17.8 Å². The molecule has 0 aliphatic heterocycles. The monoisotopic (exact) mass is 222 g/mol. The average Bonchev–Trinajstić information content (AvgIpc) is 2.28. The molecule has 1 N–H and O–H groups in total. The molecule has 0 aliphatic carbocycles. The Morgan fingerprint density at radius 1 is 1.38 bits per heavy atom. The number of hydrogen-bond acceptors (Lipinski definition) is 3. The van der Waals surface area contributed by atoms with Gasteiger partial charge in [-0.05, 0) is 31.9 Å². The van der Waals surface area contributed by atoms with Crippen molar-refractivity contribution >= 4 is 5.82 Å². The number of hydrogen-bond donors (Lipinski definition) is 1. The maximum absolute atomic E-state index is 9.39. The molecular formula is C13H22N2O. The molecule has 90 valence electrons. The molecule has 1 aromatic heterocycles. The van der Waals surface area contributed by atoms with Gasteiger partial charge in [-0.1, -0.05) is 19.4 Å². The quantitative estimate of drug-likeness (QED) is 0.832. The third kappa shape index (κ3) is 3.20. The highest BCUT2D eigenvalue weighted by molar-refractivity contribution is 5.39. The molecule has 16 heavy (non-hydrogen) atoms. The second kappa shape index (κ2) is 5.85. The number of nitrogens with zero attached hydrogens (tertiary/aromatic N) is 2. The molecule has 3 heteroatoms. The number of rotatable bonds is 5. The zero-order chi connectivity index (χ0) is 12.1. The van der Waals surface area contributed by atoms with Crippen LogP contribution in [0.15, 0.2) is 18.3 Å². The first-order valence-electron chi connectivity index (χ1n) is 5.93. The lowest BCUT2D eigenvalue weighted by atomic mass is 10.1. The lowest BCUT2D eigenvalue weighted by molar-refractivity contribution is 0.199. The molecular weight excluding hydrogens is 200 g/mol. The highest BCUT2D eigenvalue weighted by atomic mass is 16.3. The van der Waals surface area contributed by atoms with Gasteiger partial charge < -0.3 is 10.0 Å². The van der Waals surface area contributed by atoms with Gasteiger partial charge in [0, 0.05) is 19.3 Å². The van der Waals surface area contributed by atoms with Crippen LogP contribution in [0, 0.1) is 0 Å². The Morgan fingerprint density at radius 2 is 2.06 bits per heavy atom. The Labute approximate surface area is 98.1 Å². The predicted molar refractivity (Wildman–Crippen MR) is 67.6 cm³/mol. The minimum absolute atomic E-state index is 0.445. The van der Waals surface area contributed by atoms with Gasteiger partial charge in [0.15, 0.2) is 0 Å². The fourth-order valence-electron chi connectivity index (χ4n) is 1.69. The second-order valence-corrected chi connectivity index (χ2v) is 4.37. The smallest absolute Gasteiger partial charge is 0.128 e. The van der Waals surface area contributed by atoms with Gasteiger partial charge in [-0.3, -0.25) is 0 Å². The van der Waals surface area contributed by atoms with Crippen LogP contribution >= 0.6 is 0 Å². The lowest BCUT2D eigenvalue weighted by Gasteiger charge is -2.25. The Balaban J connectivity index is 2.73. The molecule has 0 fully saturated rings. The number of aliphatic hydroxyl groups is 1. The minimum atomic E-state index is -0.445. The summed E-state index contributed by atoms with van der Waals surface area (Å²) in [5, 5.41) is 9.39. The van der Waals surface area contributed by atoms with Gasteiger partial charge in [-0.2, -0.15) is 0 Å². The topological polar surface area (TPSA) is 36.4 Å². The van der Waals surface area contributed by atoms with Crippen LogP contribution < -0.4 is 4.90 Å². The largest absolute Gasteiger partial charge is 0.389 e. The van der Waals surface area contributed by atoms with E-state index in [0.29, 0.717) is 6.04 Å². The zero-order valence-electron chi connectivity index (χ0n) is 10.6. The van der Waals surface area contributed by atoms with E-state index in [4.69, 9.17) is 0 Å². The van der Waals surface area contributed by atoms with E-state index in [1.165, 1.54) is 6.42 Å². The van der Waals surface area contributed by atoms with Crippen LogP contribution in [-0.2, 0) is 0 Å².